The zero-order valence-corrected chi connectivity index (χ0v) is 8.80. The first-order chi connectivity index (χ1) is 8.04. The van der Waals surface area contributed by atoms with Crippen LogP contribution in [0.15, 0.2) is 24.3 Å². The van der Waals surface area contributed by atoms with E-state index in [1.165, 1.54) is 18.2 Å². The van der Waals surface area contributed by atoms with E-state index >= 15 is 0 Å². The summed E-state index contributed by atoms with van der Waals surface area (Å²) in [5.41, 5.74) is 3.82. The van der Waals surface area contributed by atoms with Crippen molar-refractivity contribution in [2.75, 3.05) is 7.11 Å². The van der Waals surface area contributed by atoms with Crippen molar-refractivity contribution in [2.45, 2.75) is 0 Å². The minimum Gasteiger partial charge on any atom is -0.452 e. The minimum atomic E-state index is -0.844. The second kappa shape index (κ2) is 5.45. The molecule has 0 heterocycles. The number of carbonyl (C=O) groups excluding carboxylic acids is 2. The smallest absolute Gasteiger partial charge is 0.425 e. The van der Waals surface area contributed by atoms with Crippen LogP contribution in [0, 0.1) is 10.1 Å². The van der Waals surface area contributed by atoms with Crippen LogP contribution in [0.4, 0.5) is 10.5 Å². The molecule has 0 atom stereocenters. The predicted molar refractivity (Wildman–Crippen MR) is 56.1 cm³/mol. The highest BCUT2D eigenvalue weighted by Crippen LogP contribution is 2.12. The van der Waals surface area contributed by atoms with Crippen LogP contribution in [-0.2, 0) is 4.74 Å². The zero-order valence-electron chi connectivity index (χ0n) is 8.80. The van der Waals surface area contributed by atoms with Gasteiger partial charge in [-0.25, -0.2) is 10.2 Å². The Labute approximate surface area is 95.7 Å². The van der Waals surface area contributed by atoms with Crippen molar-refractivity contribution in [1.82, 2.24) is 10.9 Å². The Kier molecular flexibility index (Phi) is 3.98. The topological polar surface area (TPSA) is 111 Å². The van der Waals surface area contributed by atoms with Crippen molar-refractivity contribution in [3.63, 3.8) is 0 Å². The first kappa shape index (κ1) is 12.4. The number of carbonyl (C=O) groups is 2. The molecular weight excluding hydrogens is 230 g/mol. The SMILES string of the molecule is COC(=O)NNC(=O)c1cccc([N+](=O)[O-])c1. The quantitative estimate of drug-likeness (QED) is 0.579. The number of hydrogen-bond donors (Lipinski definition) is 2. The molecule has 0 bridgehead atoms. The van der Waals surface area contributed by atoms with Crippen molar-refractivity contribution >= 4 is 17.7 Å². The van der Waals surface area contributed by atoms with E-state index < -0.39 is 16.9 Å². The lowest BCUT2D eigenvalue weighted by Crippen LogP contribution is -2.41. The molecule has 0 aromatic heterocycles. The number of ether oxygens (including phenoxy) is 1. The third kappa shape index (κ3) is 3.45. The largest absolute Gasteiger partial charge is 0.452 e. The minimum absolute atomic E-state index is 0.0515. The molecule has 0 aliphatic heterocycles. The van der Waals surface area contributed by atoms with Crippen molar-refractivity contribution in [3.8, 4) is 0 Å². The summed E-state index contributed by atoms with van der Waals surface area (Å²) >= 11 is 0. The van der Waals surface area contributed by atoms with Crippen molar-refractivity contribution < 1.29 is 19.2 Å². The summed E-state index contributed by atoms with van der Waals surface area (Å²) in [6.07, 6.45) is -0.844. The van der Waals surface area contributed by atoms with Crippen LogP contribution in [0.3, 0.4) is 0 Å². The fourth-order valence-electron chi connectivity index (χ4n) is 0.992. The average molecular weight is 239 g/mol. The number of benzene rings is 1. The molecule has 90 valence electrons. The molecule has 0 fully saturated rings. The number of nitrogens with one attached hydrogen (secondary N) is 2. The molecule has 8 nitrogen and oxygen atoms in total. The summed E-state index contributed by atoms with van der Waals surface area (Å²) in [5.74, 6) is -0.681. The highest BCUT2D eigenvalue weighted by Gasteiger charge is 2.11. The Balaban J connectivity index is 2.72. The summed E-state index contributed by atoms with van der Waals surface area (Å²) in [6.45, 7) is 0. The highest BCUT2D eigenvalue weighted by molar-refractivity contribution is 5.95. The number of hydrazine groups is 1. The molecule has 8 heteroatoms. The fraction of sp³-hybridized carbons (Fsp3) is 0.111. The standard InChI is InChI=1S/C9H9N3O5/c1-17-9(14)11-10-8(13)6-3-2-4-7(5-6)12(15)16/h2-5H,1H3,(H,10,13)(H,11,14). The molecule has 0 saturated carbocycles. The van der Waals surface area contributed by atoms with E-state index in [4.69, 9.17) is 0 Å². The molecule has 0 spiro atoms. The third-order valence-electron chi connectivity index (χ3n) is 1.78. The van der Waals surface area contributed by atoms with Gasteiger partial charge in [0, 0.05) is 17.7 Å². The normalized spacial score (nSPS) is 9.24. The third-order valence-corrected chi connectivity index (χ3v) is 1.78. The Morgan fingerprint density at radius 2 is 2.06 bits per heavy atom. The van der Waals surface area contributed by atoms with Crippen LogP contribution in [-0.4, -0.2) is 24.0 Å². The zero-order chi connectivity index (χ0) is 12.8. The van der Waals surface area contributed by atoms with E-state index in [-0.39, 0.29) is 11.3 Å². The number of nitro benzene ring substituents is 1. The maximum Gasteiger partial charge on any atom is 0.425 e. The lowest BCUT2D eigenvalue weighted by molar-refractivity contribution is -0.384. The number of hydrogen-bond acceptors (Lipinski definition) is 5. The van der Waals surface area contributed by atoms with Crippen LogP contribution in [0.1, 0.15) is 10.4 Å². The summed E-state index contributed by atoms with van der Waals surface area (Å²) in [6, 6.07) is 5.09. The van der Waals surface area contributed by atoms with Gasteiger partial charge in [0.05, 0.1) is 12.0 Å². The average Bonchev–Trinajstić information content (AvgIpc) is 2.35. The van der Waals surface area contributed by atoms with Gasteiger partial charge in [0.15, 0.2) is 0 Å². The van der Waals surface area contributed by atoms with Crippen LogP contribution in [0.2, 0.25) is 0 Å². The monoisotopic (exact) mass is 239 g/mol. The molecule has 1 aromatic carbocycles. The van der Waals surface area contributed by atoms with Gasteiger partial charge in [-0.1, -0.05) is 6.07 Å². The second-order valence-corrected chi connectivity index (χ2v) is 2.88. The number of non-ortho nitro benzene ring substituents is 1. The summed E-state index contributed by atoms with van der Waals surface area (Å²) in [4.78, 5) is 32.0. The molecule has 0 saturated heterocycles. The van der Waals surface area contributed by atoms with E-state index in [0.717, 1.165) is 13.2 Å². The number of methoxy groups -OCH3 is 1. The molecule has 0 aliphatic carbocycles. The Bertz CT molecular complexity index is 460. The van der Waals surface area contributed by atoms with E-state index in [1.54, 1.807) is 0 Å². The van der Waals surface area contributed by atoms with E-state index in [9.17, 15) is 19.7 Å². The van der Waals surface area contributed by atoms with Gasteiger partial charge in [-0.05, 0) is 6.07 Å². The molecular formula is C9H9N3O5. The number of amides is 2. The molecule has 1 aromatic rings. The van der Waals surface area contributed by atoms with Gasteiger partial charge in [0.2, 0.25) is 0 Å². The summed E-state index contributed by atoms with van der Waals surface area (Å²) in [7, 11) is 1.13. The van der Waals surface area contributed by atoms with Crippen LogP contribution in [0.25, 0.3) is 0 Å². The Morgan fingerprint density at radius 1 is 1.35 bits per heavy atom. The number of nitro groups is 1. The number of nitrogens with zero attached hydrogens (tertiary/aromatic N) is 1. The van der Waals surface area contributed by atoms with Gasteiger partial charge in [0.25, 0.3) is 11.6 Å². The molecule has 2 amide bonds. The Hall–Kier alpha value is -2.64. The van der Waals surface area contributed by atoms with Gasteiger partial charge in [-0.3, -0.25) is 20.3 Å². The van der Waals surface area contributed by atoms with Gasteiger partial charge in [-0.15, -0.1) is 0 Å². The predicted octanol–water partition coefficient (Wildman–Crippen LogP) is 0.596. The molecule has 17 heavy (non-hydrogen) atoms. The fourth-order valence-corrected chi connectivity index (χ4v) is 0.992. The van der Waals surface area contributed by atoms with Crippen LogP contribution in [0.5, 0.6) is 0 Å². The van der Waals surface area contributed by atoms with Crippen LogP contribution < -0.4 is 10.9 Å². The van der Waals surface area contributed by atoms with Crippen molar-refractivity contribution in [3.05, 3.63) is 39.9 Å². The summed E-state index contributed by atoms with van der Waals surface area (Å²) < 4.78 is 4.23. The molecule has 2 N–H and O–H groups in total. The summed E-state index contributed by atoms with van der Waals surface area (Å²) in [5, 5.41) is 10.5. The van der Waals surface area contributed by atoms with Crippen LogP contribution >= 0.6 is 0 Å². The maximum atomic E-state index is 11.4. The molecule has 0 radical (unpaired) electrons. The van der Waals surface area contributed by atoms with Gasteiger partial charge < -0.3 is 4.74 Å². The molecule has 1 rings (SSSR count). The molecule has 0 unspecified atom stereocenters. The first-order valence-corrected chi connectivity index (χ1v) is 4.43. The van der Waals surface area contributed by atoms with Gasteiger partial charge in [-0.2, -0.15) is 0 Å². The van der Waals surface area contributed by atoms with Gasteiger partial charge >= 0.3 is 6.09 Å². The van der Waals surface area contributed by atoms with Crippen molar-refractivity contribution in [1.29, 1.82) is 0 Å². The first-order valence-electron chi connectivity index (χ1n) is 4.43. The lowest BCUT2D eigenvalue weighted by atomic mass is 10.2. The van der Waals surface area contributed by atoms with Crippen molar-refractivity contribution in [2.24, 2.45) is 0 Å². The molecule has 0 aliphatic rings. The van der Waals surface area contributed by atoms with E-state index in [2.05, 4.69) is 4.74 Å². The lowest BCUT2D eigenvalue weighted by Gasteiger charge is -2.05. The Morgan fingerprint density at radius 3 is 2.65 bits per heavy atom. The highest BCUT2D eigenvalue weighted by atomic mass is 16.6. The number of rotatable bonds is 2. The van der Waals surface area contributed by atoms with E-state index in [1.807, 2.05) is 10.9 Å². The van der Waals surface area contributed by atoms with Gasteiger partial charge in [0.1, 0.15) is 0 Å². The maximum absolute atomic E-state index is 11.4. The second-order valence-electron chi connectivity index (χ2n) is 2.88. The van der Waals surface area contributed by atoms with E-state index in [0.29, 0.717) is 0 Å².